The average Bonchev–Trinajstić information content (AvgIpc) is 3.52. The molecule has 0 fully saturated rings. The van der Waals surface area contributed by atoms with E-state index in [1.165, 1.54) is 12.3 Å². The topological polar surface area (TPSA) is 189 Å². The van der Waals surface area contributed by atoms with Crippen molar-refractivity contribution in [2.75, 3.05) is 18.5 Å². The summed E-state index contributed by atoms with van der Waals surface area (Å²) in [7, 11) is 0. The normalized spacial score (nSPS) is 11.0. The number of aliphatic carboxylic acids is 1. The number of hydrogen-bond donors (Lipinski definition) is 6. The number of carbonyl (C=O) groups excluding carboxylic acids is 2. The molecule has 0 bridgehead atoms. The highest BCUT2D eigenvalue weighted by Crippen LogP contribution is 2.32. The SMILES string of the molecule is C=CCOc1ccc(C(Nc2ccc(C(=N)N)cc2)C(=O)NNC(=O)c2ccco2)cc1OCC=C.O=C(O)C(F)(F)F. The van der Waals surface area contributed by atoms with Gasteiger partial charge in [-0.15, -0.1) is 0 Å². The largest absolute Gasteiger partial charge is 0.490 e. The molecule has 0 radical (unpaired) electrons. The number of amides is 2. The maximum Gasteiger partial charge on any atom is 0.490 e. The Morgan fingerprint density at radius 1 is 1.00 bits per heavy atom. The van der Waals surface area contributed by atoms with Gasteiger partial charge in [-0.3, -0.25) is 25.8 Å². The maximum absolute atomic E-state index is 13.2. The minimum Gasteiger partial charge on any atom is -0.486 e. The van der Waals surface area contributed by atoms with E-state index < -0.39 is 30.0 Å². The summed E-state index contributed by atoms with van der Waals surface area (Å²) in [6.45, 7) is 7.80. The molecule has 1 unspecified atom stereocenters. The molecule has 0 aliphatic heterocycles. The Morgan fingerprint density at radius 3 is 2.12 bits per heavy atom. The fourth-order valence-electron chi connectivity index (χ4n) is 3.11. The van der Waals surface area contributed by atoms with E-state index in [0.29, 0.717) is 28.3 Å². The van der Waals surface area contributed by atoms with Crippen LogP contribution in [0.25, 0.3) is 0 Å². The number of hydrazine groups is 1. The van der Waals surface area contributed by atoms with Crippen molar-refractivity contribution in [2.45, 2.75) is 12.2 Å². The Kier molecular flexibility index (Phi) is 12.4. The number of carboxylic acids is 1. The zero-order valence-corrected chi connectivity index (χ0v) is 22.4. The first-order valence-corrected chi connectivity index (χ1v) is 12.1. The molecule has 0 spiro atoms. The minimum absolute atomic E-state index is 0.0449. The molecule has 43 heavy (non-hydrogen) atoms. The molecule has 0 aliphatic carbocycles. The molecule has 1 aromatic heterocycles. The molecule has 3 aromatic rings. The molecule has 0 saturated heterocycles. The van der Waals surface area contributed by atoms with E-state index in [1.807, 2.05) is 0 Å². The lowest BCUT2D eigenvalue weighted by Crippen LogP contribution is -2.45. The zero-order valence-electron chi connectivity index (χ0n) is 22.4. The van der Waals surface area contributed by atoms with E-state index in [2.05, 4.69) is 29.3 Å². The van der Waals surface area contributed by atoms with Gasteiger partial charge in [-0.05, 0) is 54.1 Å². The van der Waals surface area contributed by atoms with Crippen molar-refractivity contribution >= 4 is 29.3 Å². The lowest BCUT2D eigenvalue weighted by Gasteiger charge is -2.22. The predicted octanol–water partition coefficient (Wildman–Crippen LogP) is 3.94. The Hall–Kier alpha value is -5.73. The summed E-state index contributed by atoms with van der Waals surface area (Å²) in [4.78, 5) is 34.3. The summed E-state index contributed by atoms with van der Waals surface area (Å²) in [5, 5.41) is 17.8. The summed E-state index contributed by atoms with van der Waals surface area (Å²) in [5.74, 6) is -3.08. The third-order valence-electron chi connectivity index (χ3n) is 5.07. The number of carbonyl (C=O) groups is 3. The highest BCUT2D eigenvalue weighted by Gasteiger charge is 2.38. The van der Waals surface area contributed by atoms with E-state index >= 15 is 0 Å². The predicted molar refractivity (Wildman–Crippen MR) is 150 cm³/mol. The molecule has 1 heterocycles. The first-order valence-electron chi connectivity index (χ1n) is 12.1. The van der Waals surface area contributed by atoms with Gasteiger partial charge in [0.15, 0.2) is 17.3 Å². The van der Waals surface area contributed by atoms with Gasteiger partial charge in [0.25, 0.3) is 5.91 Å². The van der Waals surface area contributed by atoms with Gasteiger partial charge < -0.3 is 30.0 Å². The van der Waals surface area contributed by atoms with Crippen LogP contribution in [0.3, 0.4) is 0 Å². The summed E-state index contributed by atoms with van der Waals surface area (Å²) < 4.78 is 48.2. The Bertz CT molecular complexity index is 1430. The molecule has 1 atom stereocenters. The number of alkyl halides is 3. The van der Waals surface area contributed by atoms with Crippen molar-refractivity contribution in [3.05, 3.63) is 103 Å². The van der Waals surface area contributed by atoms with Crippen LogP contribution in [0.5, 0.6) is 11.5 Å². The monoisotopic (exact) mass is 603 g/mol. The summed E-state index contributed by atoms with van der Waals surface area (Å²) in [6.07, 6.45) is -0.533. The molecule has 228 valence electrons. The van der Waals surface area contributed by atoms with Gasteiger partial charge in [0.1, 0.15) is 25.1 Å². The number of nitrogen functional groups attached to an aromatic ring is 1. The zero-order chi connectivity index (χ0) is 32.0. The van der Waals surface area contributed by atoms with Gasteiger partial charge in [-0.2, -0.15) is 13.2 Å². The van der Waals surface area contributed by atoms with Crippen LogP contribution in [0.15, 0.2) is 90.6 Å². The number of ether oxygens (including phenoxy) is 2. The molecule has 2 amide bonds. The Labute approximate surface area is 243 Å². The van der Waals surface area contributed by atoms with Crippen LogP contribution < -0.4 is 31.4 Å². The standard InChI is InChI=1S/C26H27N5O5.C2HF3O2/c1-3-13-34-20-12-9-18(16-22(20)35-14-4-2)23(29-19-10-7-17(8-11-19)24(27)28)26(33)31-30-25(32)21-6-5-15-36-21;3-2(4,5)1(6)7/h3-12,15-16,23,29H,1-2,13-14H2,(H3,27,28)(H,30,32)(H,31,33);(H,6,7). The maximum atomic E-state index is 13.2. The summed E-state index contributed by atoms with van der Waals surface area (Å²) in [5.41, 5.74) is 11.9. The highest BCUT2D eigenvalue weighted by molar-refractivity contribution is 5.96. The van der Waals surface area contributed by atoms with E-state index in [4.69, 9.17) is 34.9 Å². The van der Waals surface area contributed by atoms with Crippen molar-refractivity contribution in [1.82, 2.24) is 10.9 Å². The van der Waals surface area contributed by atoms with Crippen LogP contribution in [-0.2, 0) is 9.59 Å². The quantitative estimate of drug-likeness (QED) is 0.0771. The third-order valence-corrected chi connectivity index (χ3v) is 5.07. The number of hydrogen-bond acceptors (Lipinski definition) is 8. The van der Waals surface area contributed by atoms with Crippen LogP contribution in [0, 0.1) is 5.41 Å². The van der Waals surface area contributed by atoms with E-state index in [0.717, 1.165) is 0 Å². The molecule has 12 nitrogen and oxygen atoms in total. The van der Waals surface area contributed by atoms with Crippen molar-refractivity contribution < 1.29 is 46.6 Å². The highest BCUT2D eigenvalue weighted by atomic mass is 19.4. The summed E-state index contributed by atoms with van der Waals surface area (Å²) >= 11 is 0. The summed E-state index contributed by atoms with van der Waals surface area (Å²) in [6, 6.07) is 13.8. The smallest absolute Gasteiger partial charge is 0.486 e. The number of nitrogens with two attached hydrogens (primary N) is 1. The number of nitrogens with one attached hydrogen (secondary N) is 4. The molecule has 15 heteroatoms. The minimum atomic E-state index is -5.08. The van der Waals surface area contributed by atoms with Crippen LogP contribution in [0.1, 0.15) is 27.7 Å². The van der Waals surface area contributed by atoms with Gasteiger partial charge in [0, 0.05) is 11.3 Å². The average molecular weight is 604 g/mol. The number of rotatable bonds is 12. The van der Waals surface area contributed by atoms with Gasteiger partial charge in [0.2, 0.25) is 0 Å². The lowest BCUT2D eigenvalue weighted by atomic mass is 10.0. The molecule has 0 saturated carbocycles. The fourth-order valence-corrected chi connectivity index (χ4v) is 3.11. The second-order valence-corrected chi connectivity index (χ2v) is 8.20. The Morgan fingerprint density at radius 2 is 1.60 bits per heavy atom. The lowest BCUT2D eigenvalue weighted by molar-refractivity contribution is -0.192. The number of amidine groups is 1. The molecule has 7 N–H and O–H groups in total. The fraction of sp³-hybridized carbons (Fsp3) is 0.143. The molecular formula is C28H28F3N5O7. The molecular weight excluding hydrogens is 575 g/mol. The number of benzene rings is 2. The van der Waals surface area contributed by atoms with Crippen molar-refractivity contribution in [1.29, 1.82) is 5.41 Å². The number of carboxylic acid groups (broad SMARTS) is 1. The molecule has 2 aromatic carbocycles. The second kappa shape index (κ2) is 15.9. The molecule has 0 aliphatic rings. The van der Waals surface area contributed by atoms with Gasteiger partial charge in [-0.25, -0.2) is 4.79 Å². The van der Waals surface area contributed by atoms with Crippen LogP contribution in [-0.4, -0.2) is 48.1 Å². The van der Waals surface area contributed by atoms with Crippen LogP contribution in [0.2, 0.25) is 0 Å². The third kappa shape index (κ3) is 10.6. The van der Waals surface area contributed by atoms with Crippen molar-refractivity contribution in [3.63, 3.8) is 0 Å². The van der Waals surface area contributed by atoms with E-state index in [1.54, 1.807) is 60.7 Å². The number of halogens is 3. The van der Waals surface area contributed by atoms with Gasteiger partial charge in [-0.1, -0.05) is 31.4 Å². The van der Waals surface area contributed by atoms with E-state index in [-0.39, 0.29) is 24.8 Å². The first-order chi connectivity index (χ1) is 20.4. The number of anilines is 1. The number of furan rings is 1. The van der Waals surface area contributed by atoms with Gasteiger partial charge in [0.05, 0.1) is 6.26 Å². The van der Waals surface area contributed by atoms with Crippen molar-refractivity contribution in [2.24, 2.45) is 5.73 Å². The van der Waals surface area contributed by atoms with Crippen LogP contribution in [0.4, 0.5) is 18.9 Å². The first kappa shape index (κ1) is 33.5. The molecule has 3 rings (SSSR count). The second-order valence-electron chi connectivity index (χ2n) is 8.20. The Balaban J connectivity index is 0.000000821. The van der Waals surface area contributed by atoms with E-state index in [9.17, 15) is 22.8 Å². The van der Waals surface area contributed by atoms with Crippen molar-refractivity contribution in [3.8, 4) is 11.5 Å². The van der Waals surface area contributed by atoms with Crippen LogP contribution >= 0.6 is 0 Å². The van der Waals surface area contributed by atoms with Gasteiger partial charge >= 0.3 is 18.1 Å².